The van der Waals surface area contributed by atoms with Crippen molar-refractivity contribution in [1.29, 1.82) is 0 Å². The molecule has 1 aliphatic rings. The Hall–Kier alpha value is -1.55. The van der Waals surface area contributed by atoms with Crippen LogP contribution in [0, 0.1) is 0 Å². The van der Waals surface area contributed by atoms with E-state index in [0.29, 0.717) is 12.1 Å². The average Bonchev–Trinajstić information content (AvgIpc) is 3.06. The predicted molar refractivity (Wildman–Crippen MR) is 80.3 cm³/mol. The van der Waals surface area contributed by atoms with E-state index in [9.17, 15) is 0 Å². The summed E-state index contributed by atoms with van der Waals surface area (Å²) in [4.78, 5) is 7.21. The molecule has 0 N–H and O–H groups in total. The highest BCUT2D eigenvalue weighted by atomic mass is 16.5. The van der Waals surface area contributed by atoms with Crippen LogP contribution in [0.5, 0.6) is 5.88 Å². The topological polar surface area (TPSA) is 29.8 Å². The fraction of sp³-hybridized carbons (Fsp3) is 0.562. The van der Waals surface area contributed by atoms with Crippen LogP contribution < -0.4 is 4.74 Å². The summed E-state index contributed by atoms with van der Waals surface area (Å²) in [5.41, 5.74) is 1.11. The van der Waals surface area contributed by atoms with Gasteiger partial charge >= 0.3 is 0 Å². The number of pyridine rings is 1. The Morgan fingerprint density at radius 2 is 2.25 bits per heavy atom. The Morgan fingerprint density at radius 3 is 3.00 bits per heavy atom. The lowest BCUT2D eigenvalue weighted by atomic mass is 10.1. The maximum atomic E-state index is 5.47. The van der Waals surface area contributed by atoms with E-state index < -0.39 is 0 Å². The molecule has 0 spiro atoms. The lowest BCUT2D eigenvalue weighted by molar-refractivity contribution is 0.200. The van der Waals surface area contributed by atoms with Gasteiger partial charge in [0.05, 0.1) is 18.8 Å². The molecule has 0 aliphatic carbocycles. The highest BCUT2D eigenvalue weighted by Crippen LogP contribution is 2.25. The number of aromatic nitrogens is 2. The maximum Gasteiger partial charge on any atom is 0.199 e. The van der Waals surface area contributed by atoms with Crippen molar-refractivity contribution in [2.24, 2.45) is 0 Å². The quantitative estimate of drug-likeness (QED) is 0.858. The Morgan fingerprint density at radius 1 is 1.40 bits per heavy atom. The molecule has 1 aliphatic heterocycles. The van der Waals surface area contributed by atoms with Crippen LogP contribution in [0.25, 0.3) is 5.52 Å². The van der Waals surface area contributed by atoms with Gasteiger partial charge in [-0.25, -0.2) is 4.98 Å². The molecule has 4 heteroatoms. The van der Waals surface area contributed by atoms with Crippen molar-refractivity contribution in [2.45, 2.75) is 45.2 Å². The molecule has 3 rings (SSSR count). The molecule has 3 heterocycles. The van der Waals surface area contributed by atoms with Crippen molar-refractivity contribution in [2.75, 3.05) is 13.7 Å². The van der Waals surface area contributed by atoms with Crippen LogP contribution >= 0.6 is 0 Å². The Bertz CT molecular complexity index is 590. The largest absolute Gasteiger partial charge is 0.482 e. The van der Waals surface area contributed by atoms with Gasteiger partial charge in [0, 0.05) is 18.5 Å². The molecule has 0 radical (unpaired) electrons. The minimum atomic E-state index is 0.602. The van der Waals surface area contributed by atoms with Crippen LogP contribution in [0.2, 0.25) is 0 Å². The summed E-state index contributed by atoms with van der Waals surface area (Å²) in [6.45, 7) is 5.77. The number of rotatable bonds is 4. The van der Waals surface area contributed by atoms with E-state index in [1.54, 1.807) is 7.11 Å². The molecule has 108 valence electrons. The van der Waals surface area contributed by atoms with Gasteiger partial charge < -0.3 is 4.74 Å². The first kappa shape index (κ1) is 13.4. The van der Waals surface area contributed by atoms with Gasteiger partial charge in [0.15, 0.2) is 5.88 Å². The Kier molecular flexibility index (Phi) is 3.66. The smallest absolute Gasteiger partial charge is 0.199 e. The van der Waals surface area contributed by atoms with Gasteiger partial charge in [-0.1, -0.05) is 6.07 Å². The first-order valence-electron chi connectivity index (χ1n) is 7.46. The van der Waals surface area contributed by atoms with Crippen molar-refractivity contribution in [3.05, 3.63) is 30.2 Å². The van der Waals surface area contributed by atoms with E-state index in [1.807, 2.05) is 18.3 Å². The third-order valence-electron chi connectivity index (χ3n) is 4.30. The summed E-state index contributed by atoms with van der Waals surface area (Å²) in [6.07, 6.45) is 5.49. The van der Waals surface area contributed by atoms with Crippen LogP contribution in [-0.4, -0.2) is 40.0 Å². The number of methoxy groups -OCH3 is 1. The predicted octanol–water partition coefficient (Wildman–Crippen LogP) is 2.76. The SMILES string of the molecule is COc1cccc2cnc(CC3CCCN3C(C)C)n12. The molecular weight excluding hydrogens is 250 g/mol. The normalized spacial score (nSPS) is 20.1. The van der Waals surface area contributed by atoms with Crippen LogP contribution in [0.15, 0.2) is 24.4 Å². The van der Waals surface area contributed by atoms with Crippen molar-refractivity contribution < 1.29 is 4.74 Å². The molecule has 0 bridgehead atoms. The number of ether oxygens (including phenoxy) is 1. The number of hydrogen-bond donors (Lipinski definition) is 0. The molecule has 0 aromatic carbocycles. The zero-order chi connectivity index (χ0) is 14.1. The fourth-order valence-corrected chi connectivity index (χ4v) is 3.35. The van der Waals surface area contributed by atoms with Crippen LogP contribution in [0.3, 0.4) is 0 Å². The van der Waals surface area contributed by atoms with Gasteiger partial charge in [-0.15, -0.1) is 0 Å². The molecule has 1 saturated heterocycles. The number of hydrogen-bond acceptors (Lipinski definition) is 3. The van der Waals surface area contributed by atoms with Gasteiger partial charge in [0.25, 0.3) is 0 Å². The molecule has 4 nitrogen and oxygen atoms in total. The molecule has 1 unspecified atom stereocenters. The second-order valence-electron chi connectivity index (χ2n) is 5.83. The van der Waals surface area contributed by atoms with Crippen molar-refractivity contribution in [1.82, 2.24) is 14.3 Å². The highest BCUT2D eigenvalue weighted by Gasteiger charge is 2.27. The van der Waals surface area contributed by atoms with Gasteiger partial charge in [-0.3, -0.25) is 9.30 Å². The molecule has 2 aromatic heterocycles. The summed E-state index contributed by atoms with van der Waals surface area (Å²) in [5.74, 6) is 1.97. The monoisotopic (exact) mass is 273 g/mol. The van der Waals surface area contributed by atoms with Crippen molar-refractivity contribution in [3.63, 3.8) is 0 Å². The number of likely N-dealkylation sites (tertiary alicyclic amines) is 1. The number of imidazole rings is 1. The summed E-state index contributed by atoms with van der Waals surface area (Å²) in [6, 6.07) is 7.29. The lowest BCUT2D eigenvalue weighted by Crippen LogP contribution is -2.37. The Balaban J connectivity index is 1.91. The average molecular weight is 273 g/mol. The lowest BCUT2D eigenvalue weighted by Gasteiger charge is -2.28. The third kappa shape index (κ3) is 2.29. The van der Waals surface area contributed by atoms with E-state index in [0.717, 1.165) is 23.6 Å². The summed E-state index contributed by atoms with van der Waals surface area (Å²) < 4.78 is 7.61. The minimum absolute atomic E-state index is 0.602. The minimum Gasteiger partial charge on any atom is -0.482 e. The van der Waals surface area contributed by atoms with Gasteiger partial charge in [0.2, 0.25) is 0 Å². The fourth-order valence-electron chi connectivity index (χ4n) is 3.35. The van der Waals surface area contributed by atoms with Gasteiger partial charge in [-0.05, 0) is 45.4 Å². The first-order valence-corrected chi connectivity index (χ1v) is 7.46. The molecule has 0 amide bonds. The van der Waals surface area contributed by atoms with Crippen LogP contribution in [0.4, 0.5) is 0 Å². The van der Waals surface area contributed by atoms with Crippen LogP contribution in [-0.2, 0) is 6.42 Å². The van der Waals surface area contributed by atoms with E-state index in [2.05, 4.69) is 34.2 Å². The molecule has 2 aromatic rings. The number of nitrogens with zero attached hydrogens (tertiary/aromatic N) is 3. The van der Waals surface area contributed by atoms with E-state index >= 15 is 0 Å². The highest BCUT2D eigenvalue weighted by molar-refractivity contribution is 5.49. The zero-order valence-corrected chi connectivity index (χ0v) is 12.5. The second-order valence-corrected chi connectivity index (χ2v) is 5.83. The maximum absolute atomic E-state index is 5.47. The molecule has 20 heavy (non-hydrogen) atoms. The summed E-state index contributed by atoms with van der Waals surface area (Å²) >= 11 is 0. The van der Waals surface area contributed by atoms with Gasteiger partial charge in [-0.2, -0.15) is 0 Å². The standard InChI is InChI=1S/C16H23N3O/c1-12(2)18-9-5-7-13(18)10-15-17-11-14-6-4-8-16(20-3)19(14)15/h4,6,8,11-13H,5,7,9-10H2,1-3H3. The summed E-state index contributed by atoms with van der Waals surface area (Å²) in [7, 11) is 1.72. The second kappa shape index (κ2) is 5.44. The first-order chi connectivity index (χ1) is 9.70. The van der Waals surface area contributed by atoms with Gasteiger partial charge in [0.1, 0.15) is 5.82 Å². The Labute approximate surface area is 120 Å². The van der Waals surface area contributed by atoms with E-state index in [1.165, 1.54) is 19.4 Å². The van der Waals surface area contributed by atoms with E-state index in [4.69, 9.17) is 4.74 Å². The molecule has 0 saturated carbocycles. The molecule has 1 atom stereocenters. The molecule has 1 fully saturated rings. The summed E-state index contributed by atoms with van der Waals surface area (Å²) in [5, 5.41) is 0. The third-order valence-corrected chi connectivity index (χ3v) is 4.30. The zero-order valence-electron chi connectivity index (χ0n) is 12.5. The van der Waals surface area contributed by atoms with Crippen molar-refractivity contribution in [3.8, 4) is 5.88 Å². The number of fused-ring (bicyclic) bond motifs is 1. The molecular formula is C16H23N3O. The van der Waals surface area contributed by atoms with Crippen molar-refractivity contribution >= 4 is 5.52 Å². The van der Waals surface area contributed by atoms with E-state index in [-0.39, 0.29) is 0 Å². The van der Waals surface area contributed by atoms with Crippen LogP contribution in [0.1, 0.15) is 32.5 Å².